The minimum Gasteiger partial charge on any atom is -0.491 e. The summed E-state index contributed by atoms with van der Waals surface area (Å²) in [6.07, 6.45) is 0.189. The molecule has 1 amide bonds. The molecule has 0 radical (unpaired) electrons. The normalized spacial score (nSPS) is 16.1. The lowest BCUT2D eigenvalue weighted by atomic mass is 9.99. The molecule has 0 aliphatic carbocycles. The molecule has 2 N–H and O–H groups in total. The first kappa shape index (κ1) is 30.7. The molecule has 222 valence electrons. The van der Waals surface area contributed by atoms with Gasteiger partial charge in [0, 0.05) is 24.3 Å². The smallest absolute Gasteiger partial charge is 0.410 e. The van der Waals surface area contributed by atoms with Crippen molar-refractivity contribution in [3.05, 3.63) is 45.9 Å². The van der Waals surface area contributed by atoms with Gasteiger partial charge in [0.1, 0.15) is 24.2 Å². The first-order valence-electron chi connectivity index (χ1n) is 13.8. The number of benzene rings is 1. The van der Waals surface area contributed by atoms with Crippen LogP contribution in [-0.2, 0) is 15.9 Å². The monoisotopic (exact) mass is 587 g/mol. The molecule has 1 unspecified atom stereocenters. The van der Waals surface area contributed by atoms with E-state index in [9.17, 15) is 9.90 Å². The van der Waals surface area contributed by atoms with Gasteiger partial charge in [-0.15, -0.1) is 0 Å². The summed E-state index contributed by atoms with van der Waals surface area (Å²) in [7, 11) is 1.77. The standard InChI is InChI=1S/C29H38ClN5O6/c1-6-39-29(37)35-11-12-38-15-20(35)7-10-25-17(2)27(26-18(3)34-41-19(26)4)33-28(32-25)23-13-22(8-9-24(23)30)40-16-21(36)14-31-5/h8-9,13,20-21,31,36H,6-7,10-12,14-16H2,1-5H3/t20-,21?/m0/s1. The second kappa shape index (κ2) is 14.1. The van der Waals surface area contributed by atoms with Crippen LogP contribution in [0.25, 0.3) is 22.6 Å². The van der Waals surface area contributed by atoms with Crippen LogP contribution in [0.4, 0.5) is 4.79 Å². The van der Waals surface area contributed by atoms with Crippen molar-refractivity contribution in [2.24, 2.45) is 0 Å². The molecule has 1 aliphatic rings. The number of rotatable bonds is 11. The van der Waals surface area contributed by atoms with E-state index in [1.54, 1.807) is 37.1 Å². The molecular weight excluding hydrogens is 550 g/mol. The van der Waals surface area contributed by atoms with Crippen molar-refractivity contribution in [2.45, 2.75) is 52.7 Å². The summed E-state index contributed by atoms with van der Waals surface area (Å²) >= 11 is 6.66. The number of carbonyl (C=O) groups excluding carboxylic acids is 1. The van der Waals surface area contributed by atoms with Crippen LogP contribution in [-0.4, -0.2) is 89.9 Å². The van der Waals surface area contributed by atoms with Crippen LogP contribution in [0, 0.1) is 20.8 Å². The third-order valence-corrected chi connectivity index (χ3v) is 7.35. The number of halogens is 1. The molecule has 0 saturated carbocycles. The summed E-state index contributed by atoms with van der Waals surface area (Å²) in [4.78, 5) is 24.2. The number of nitrogens with zero attached hydrogens (tertiary/aromatic N) is 4. The van der Waals surface area contributed by atoms with Crippen molar-refractivity contribution < 1.29 is 28.6 Å². The molecule has 3 heterocycles. The van der Waals surface area contributed by atoms with Gasteiger partial charge in [-0.25, -0.2) is 14.8 Å². The Bertz CT molecular complexity index is 1330. The number of aromatic nitrogens is 3. The molecule has 1 aromatic carbocycles. The summed E-state index contributed by atoms with van der Waals surface area (Å²) in [5, 5.41) is 17.6. The number of amides is 1. The maximum absolute atomic E-state index is 12.6. The molecule has 12 heteroatoms. The third kappa shape index (κ3) is 7.34. The van der Waals surface area contributed by atoms with Crippen LogP contribution in [0.3, 0.4) is 0 Å². The summed E-state index contributed by atoms with van der Waals surface area (Å²) in [6.45, 7) is 9.73. The van der Waals surface area contributed by atoms with Crippen molar-refractivity contribution >= 4 is 17.7 Å². The molecule has 2 aromatic heterocycles. The maximum atomic E-state index is 12.6. The molecule has 1 fully saturated rings. The Kier molecular flexibility index (Phi) is 10.5. The van der Waals surface area contributed by atoms with E-state index in [-0.39, 0.29) is 18.7 Å². The number of aryl methyl sites for hydroxylation is 3. The van der Waals surface area contributed by atoms with Gasteiger partial charge in [0.15, 0.2) is 5.82 Å². The number of hydrogen-bond donors (Lipinski definition) is 2. The molecule has 1 saturated heterocycles. The van der Waals surface area contributed by atoms with Gasteiger partial charge in [0.05, 0.1) is 47.8 Å². The first-order chi connectivity index (χ1) is 19.7. The molecule has 11 nitrogen and oxygen atoms in total. The Morgan fingerprint density at radius 3 is 2.80 bits per heavy atom. The number of aliphatic hydroxyl groups is 1. The fourth-order valence-corrected chi connectivity index (χ4v) is 5.09. The lowest BCUT2D eigenvalue weighted by molar-refractivity contribution is -0.0103. The van der Waals surface area contributed by atoms with Crippen LogP contribution >= 0.6 is 11.6 Å². The summed E-state index contributed by atoms with van der Waals surface area (Å²) in [6, 6.07) is 5.10. The molecule has 41 heavy (non-hydrogen) atoms. The van der Waals surface area contributed by atoms with Crippen LogP contribution in [0.15, 0.2) is 22.7 Å². The minimum absolute atomic E-state index is 0.118. The van der Waals surface area contributed by atoms with E-state index in [0.29, 0.717) is 79.4 Å². The van der Waals surface area contributed by atoms with Crippen molar-refractivity contribution in [3.63, 3.8) is 0 Å². The molecule has 1 aliphatic heterocycles. The number of hydrogen-bond acceptors (Lipinski definition) is 10. The quantitative estimate of drug-likeness (QED) is 0.337. The Morgan fingerprint density at radius 2 is 2.10 bits per heavy atom. The molecule has 3 aromatic rings. The van der Waals surface area contributed by atoms with E-state index in [0.717, 1.165) is 22.5 Å². The summed E-state index contributed by atoms with van der Waals surface area (Å²) in [5.74, 6) is 1.61. The number of ether oxygens (including phenoxy) is 3. The van der Waals surface area contributed by atoms with Crippen molar-refractivity contribution in [1.29, 1.82) is 0 Å². The Hall–Kier alpha value is -3.25. The van der Waals surface area contributed by atoms with Crippen LogP contribution in [0.2, 0.25) is 5.02 Å². The number of nitrogens with one attached hydrogen (secondary N) is 1. The highest BCUT2D eigenvalue weighted by atomic mass is 35.5. The molecule has 4 rings (SSSR count). The van der Waals surface area contributed by atoms with E-state index < -0.39 is 6.10 Å². The average molecular weight is 588 g/mol. The van der Waals surface area contributed by atoms with Crippen molar-refractivity contribution in [1.82, 2.24) is 25.3 Å². The minimum atomic E-state index is -0.662. The van der Waals surface area contributed by atoms with Gasteiger partial charge in [-0.2, -0.15) is 0 Å². The number of morpholine rings is 1. The van der Waals surface area contributed by atoms with Crippen LogP contribution in [0.5, 0.6) is 5.75 Å². The van der Waals surface area contributed by atoms with E-state index in [1.165, 1.54) is 0 Å². The highest BCUT2D eigenvalue weighted by Crippen LogP contribution is 2.35. The summed E-state index contributed by atoms with van der Waals surface area (Å²) in [5.41, 5.74) is 4.52. The lowest BCUT2D eigenvalue weighted by Gasteiger charge is -2.34. The average Bonchev–Trinajstić information content (AvgIpc) is 3.29. The third-order valence-electron chi connectivity index (χ3n) is 7.02. The van der Waals surface area contributed by atoms with Gasteiger partial charge in [-0.3, -0.25) is 0 Å². The SMILES string of the molecule is CCOC(=O)N1CCOC[C@@H]1CCc1nc(-c2cc(OCC(O)CNC)ccc2Cl)nc(-c2c(C)noc2C)c1C. The Labute approximate surface area is 245 Å². The zero-order valence-corrected chi connectivity index (χ0v) is 25.0. The zero-order chi connectivity index (χ0) is 29.5. The van der Waals surface area contributed by atoms with Gasteiger partial charge in [0.2, 0.25) is 0 Å². The highest BCUT2D eigenvalue weighted by Gasteiger charge is 2.29. The van der Waals surface area contributed by atoms with Gasteiger partial charge in [-0.1, -0.05) is 16.8 Å². The Morgan fingerprint density at radius 1 is 1.29 bits per heavy atom. The van der Waals surface area contributed by atoms with E-state index in [2.05, 4.69) is 10.5 Å². The fourth-order valence-electron chi connectivity index (χ4n) is 4.89. The van der Waals surface area contributed by atoms with Gasteiger partial charge in [0.25, 0.3) is 0 Å². The number of likely N-dealkylation sites (N-methyl/N-ethyl adjacent to an activating group) is 1. The van der Waals surface area contributed by atoms with Crippen LogP contribution in [0.1, 0.15) is 36.1 Å². The van der Waals surface area contributed by atoms with Crippen LogP contribution < -0.4 is 10.1 Å². The second-order valence-corrected chi connectivity index (χ2v) is 10.4. The number of aliphatic hydroxyl groups excluding tert-OH is 1. The predicted molar refractivity (Wildman–Crippen MR) is 154 cm³/mol. The predicted octanol–water partition coefficient (Wildman–Crippen LogP) is 4.13. The highest BCUT2D eigenvalue weighted by molar-refractivity contribution is 6.33. The molecule has 0 spiro atoms. The first-order valence-corrected chi connectivity index (χ1v) is 14.2. The van der Waals surface area contributed by atoms with E-state index in [1.807, 2.05) is 20.8 Å². The topological polar surface area (TPSA) is 132 Å². The largest absolute Gasteiger partial charge is 0.491 e. The summed E-state index contributed by atoms with van der Waals surface area (Å²) < 4.78 is 22.3. The van der Waals surface area contributed by atoms with Crippen molar-refractivity contribution in [2.75, 3.05) is 46.6 Å². The maximum Gasteiger partial charge on any atom is 0.410 e. The number of carbonyl (C=O) groups is 1. The van der Waals surface area contributed by atoms with Gasteiger partial charge < -0.3 is 34.1 Å². The molecule has 2 atom stereocenters. The van der Waals surface area contributed by atoms with E-state index in [4.69, 9.17) is 40.3 Å². The Balaban J connectivity index is 1.70. The second-order valence-electron chi connectivity index (χ2n) is 9.99. The molecule has 0 bridgehead atoms. The fraction of sp³-hybridized carbons (Fsp3) is 0.517. The molecular formula is C29H38ClN5O6. The zero-order valence-electron chi connectivity index (χ0n) is 24.2. The van der Waals surface area contributed by atoms with Gasteiger partial charge >= 0.3 is 6.09 Å². The van der Waals surface area contributed by atoms with Gasteiger partial charge in [-0.05, 0) is 71.3 Å². The van der Waals surface area contributed by atoms with E-state index >= 15 is 0 Å². The lowest BCUT2D eigenvalue weighted by Crippen LogP contribution is -2.49. The van der Waals surface area contributed by atoms with Crippen molar-refractivity contribution in [3.8, 4) is 28.4 Å².